The molecular weight excluding hydrogens is 154 g/mol. The monoisotopic (exact) mass is 169 g/mol. The van der Waals surface area contributed by atoms with Gasteiger partial charge >= 0.3 is 0 Å². The summed E-state index contributed by atoms with van der Waals surface area (Å²) in [5.41, 5.74) is 2.13. The van der Waals surface area contributed by atoms with Gasteiger partial charge < -0.3 is 0 Å². The summed E-state index contributed by atoms with van der Waals surface area (Å²) in [5, 5.41) is 3.08. The van der Waals surface area contributed by atoms with Crippen molar-refractivity contribution in [1.29, 1.82) is 0 Å². The van der Waals surface area contributed by atoms with Crippen LogP contribution in [0.3, 0.4) is 0 Å². The van der Waals surface area contributed by atoms with Gasteiger partial charge in [-0.05, 0) is 19.4 Å². The van der Waals surface area contributed by atoms with Crippen LogP contribution in [0.15, 0.2) is 12.0 Å². The minimum atomic E-state index is 1.05. The Kier molecular flexibility index (Phi) is 4.79. The molecule has 11 heavy (non-hydrogen) atoms. The van der Waals surface area contributed by atoms with E-state index in [9.17, 15) is 0 Å². The van der Waals surface area contributed by atoms with E-state index in [2.05, 4.69) is 11.6 Å². The molecule has 0 aliphatic rings. The smallest absolute Gasteiger partial charge is 0.118 e. The maximum absolute atomic E-state index is 4.23. The van der Waals surface area contributed by atoms with Gasteiger partial charge in [-0.2, -0.15) is 0 Å². The number of hydrogen-bond acceptors (Lipinski definition) is 2. The Labute approximate surface area is 72.8 Å². The molecule has 0 aliphatic carbocycles. The molecular formula is C9H15NS. The highest BCUT2D eigenvalue weighted by molar-refractivity contribution is 7.10. The van der Waals surface area contributed by atoms with E-state index in [-0.39, 0.29) is 0 Å². The summed E-state index contributed by atoms with van der Waals surface area (Å²) >= 11 is 1.65. The minimum absolute atomic E-state index is 1.05. The Hall–Kier alpha value is -0.630. The highest BCUT2D eigenvalue weighted by Gasteiger charge is 1.95. The van der Waals surface area contributed by atoms with E-state index >= 15 is 0 Å². The lowest BCUT2D eigenvalue weighted by molar-refractivity contribution is 1.24. The quantitative estimate of drug-likeness (QED) is 0.627. The third-order valence-electron chi connectivity index (χ3n) is 0.984. The summed E-state index contributed by atoms with van der Waals surface area (Å²) in [7, 11) is 0. The molecule has 0 spiro atoms. The van der Waals surface area contributed by atoms with Crippen LogP contribution in [0.25, 0.3) is 5.57 Å². The van der Waals surface area contributed by atoms with Crippen LogP contribution in [0, 0.1) is 6.92 Å². The van der Waals surface area contributed by atoms with Crippen molar-refractivity contribution in [2.24, 2.45) is 0 Å². The molecule has 1 heterocycles. The fraction of sp³-hybridized carbons (Fsp3) is 0.444. The maximum Gasteiger partial charge on any atom is 0.118 e. The normalized spacial score (nSPS) is 8.36. The van der Waals surface area contributed by atoms with Gasteiger partial charge in [0, 0.05) is 11.1 Å². The standard InChI is InChI=1S/C7H9NS.C2H6/c1-5(2)7-8-6(3)4-9-7;1-2/h4H,1H2,2-3H3;1-2H3. The van der Waals surface area contributed by atoms with Gasteiger partial charge in [-0.15, -0.1) is 11.3 Å². The molecule has 62 valence electrons. The maximum atomic E-state index is 4.23. The second kappa shape index (κ2) is 5.08. The molecule has 2 heteroatoms. The van der Waals surface area contributed by atoms with Gasteiger partial charge in [0.1, 0.15) is 5.01 Å². The van der Waals surface area contributed by atoms with Gasteiger partial charge in [-0.3, -0.25) is 0 Å². The second-order valence-corrected chi connectivity index (χ2v) is 2.93. The molecule has 0 radical (unpaired) electrons. The molecule has 0 N–H and O–H groups in total. The first-order valence-electron chi connectivity index (χ1n) is 3.78. The van der Waals surface area contributed by atoms with Crippen molar-refractivity contribution in [3.63, 3.8) is 0 Å². The van der Waals surface area contributed by atoms with Crippen molar-refractivity contribution in [2.75, 3.05) is 0 Å². The molecule has 1 rings (SSSR count). The fourth-order valence-electron chi connectivity index (χ4n) is 0.550. The molecule has 0 saturated heterocycles. The van der Waals surface area contributed by atoms with Gasteiger partial charge in [-0.25, -0.2) is 4.98 Å². The van der Waals surface area contributed by atoms with Crippen molar-refractivity contribution < 1.29 is 0 Å². The van der Waals surface area contributed by atoms with Crippen molar-refractivity contribution in [3.8, 4) is 0 Å². The molecule has 0 aromatic carbocycles. The summed E-state index contributed by atoms with van der Waals surface area (Å²) in [6.07, 6.45) is 0. The largest absolute Gasteiger partial charge is 0.242 e. The summed E-state index contributed by atoms with van der Waals surface area (Å²) in [6.45, 7) is 11.7. The third-order valence-corrected chi connectivity index (χ3v) is 2.11. The first-order valence-corrected chi connectivity index (χ1v) is 4.66. The molecule has 0 bridgehead atoms. The average molecular weight is 169 g/mol. The predicted octanol–water partition coefficient (Wildman–Crippen LogP) is 3.51. The average Bonchev–Trinajstić information content (AvgIpc) is 2.40. The van der Waals surface area contributed by atoms with Crippen LogP contribution in [0.1, 0.15) is 31.5 Å². The molecule has 1 nitrogen and oxygen atoms in total. The summed E-state index contributed by atoms with van der Waals surface area (Å²) in [6, 6.07) is 0. The molecule has 1 aromatic heterocycles. The Morgan fingerprint density at radius 1 is 1.55 bits per heavy atom. The van der Waals surface area contributed by atoms with Crippen LogP contribution in [0.2, 0.25) is 0 Å². The van der Waals surface area contributed by atoms with Crippen LogP contribution >= 0.6 is 11.3 Å². The highest BCUT2D eigenvalue weighted by atomic mass is 32.1. The molecule has 0 aliphatic heterocycles. The number of aromatic nitrogens is 1. The number of rotatable bonds is 1. The zero-order valence-electron chi connectivity index (χ0n) is 7.64. The molecule has 0 atom stereocenters. The van der Waals surface area contributed by atoms with Gasteiger partial charge in [-0.1, -0.05) is 20.4 Å². The van der Waals surface area contributed by atoms with Gasteiger partial charge in [0.25, 0.3) is 0 Å². The van der Waals surface area contributed by atoms with Crippen LogP contribution < -0.4 is 0 Å². The van der Waals surface area contributed by atoms with E-state index in [1.807, 2.05) is 33.1 Å². The summed E-state index contributed by atoms with van der Waals surface area (Å²) in [5.74, 6) is 0. The van der Waals surface area contributed by atoms with E-state index in [4.69, 9.17) is 0 Å². The summed E-state index contributed by atoms with van der Waals surface area (Å²) < 4.78 is 0. The van der Waals surface area contributed by atoms with E-state index in [0.717, 1.165) is 16.3 Å². The SMILES string of the molecule is C=C(C)c1nc(C)cs1.CC. The van der Waals surface area contributed by atoms with Crippen LogP contribution in [0.5, 0.6) is 0 Å². The molecule has 1 aromatic rings. The van der Waals surface area contributed by atoms with E-state index < -0.39 is 0 Å². The lowest BCUT2D eigenvalue weighted by Gasteiger charge is -1.86. The number of allylic oxidation sites excluding steroid dienone is 1. The molecule has 0 amide bonds. The molecule has 0 saturated carbocycles. The van der Waals surface area contributed by atoms with E-state index in [1.54, 1.807) is 11.3 Å². The topological polar surface area (TPSA) is 12.9 Å². The van der Waals surface area contributed by atoms with Gasteiger partial charge in [0.05, 0.1) is 0 Å². The number of thiazole rings is 1. The zero-order valence-corrected chi connectivity index (χ0v) is 8.46. The number of nitrogens with zero attached hydrogens (tertiary/aromatic N) is 1. The van der Waals surface area contributed by atoms with Gasteiger partial charge in [0.15, 0.2) is 0 Å². The van der Waals surface area contributed by atoms with Crippen molar-refractivity contribution in [3.05, 3.63) is 22.7 Å². The minimum Gasteiger partial charge on any atom is -0.242 e. The van der Waals surface area contributed by atoms with Crippen LogP contribution in [0.4, 0.5) is 0 Å². The van der Waals surface area contributed by atoms with E-state index in [0.29, 0.717) is 0 Å². The Morgan fingerprint density at radius 2 is 2.09 bits per heavy atom. The number of aryl methyl sites for hydroxylation is 1. The molecule has 0 unspecified atom stereocenters. The van der Waals surface area contributed by atoms with Crippen molar-refractivity contribution in [1.82, 2.24) is 4.98 Å². The first-order chi connectivity index (χ1) is 5.20. The lowest BCUT2D eigenvalue weighted by atomic mass is 10.4. The van der Waals surface area contributed by atoms with Crippen LogP contribution in [-0.2, 0) is 0 Å². The Balaban J connectivity index is 0.000000461. The molecule has 0 fully saturated rings. The Morgan fingerprint density at radius 3 is 2.27 bits per heavy atom. The second-order valence-electron chi connectivity index (χ2n) is 2.07. The number of hydrogen-bond donors (Lipinski definition) is 0. The lowest BCUT2D eigenvalue weighted by Crippen LogP contribution is -1.74. The first kappa shape index (κ1) is 10.4. The third kappa shape index (κ3) is 3.33. The van der Waals surface area contributed by atoms with Gasteiger partial charge in [0.2, 0.25) is 0 Å². The Bertz CT molecular complexity index is 225. The van der Waals surface area contributed by atoms with Crippen molar-refractivity contribution >= 4 is 16.9 Å². The zero-order chi connectivity index (χ0) is 8.85. The van der Waals surface area contributed by atoms with E-state index in [1.165, 1.54) is 0 Å². The summed E-state index contributed by atoms with van der Waals surface area (Å²) in [4.78, 5) is 4.23. The van der Waals surface area contributed by atoms with Crippen molar-refractivity contribution in [2.45, 2.75) is 27.7 Å². The fourth-order valence-corrected chi connectivity index (χ4v) is 1.28. The van der Waals surface area contributed by atoms with Crippen LogP contribution in [-0.4, -0.2) is 4.98 Å². The predicted molar refractivity (Wildman–Crippen MR) is 52.9 cm³/mol. The highest BCUT2D eigenvalue weighted by Crippen LogP contribution is 2.15.